The number of hydrogen-bond acceptors (Lipinski definition) is 4. The minimum atomic E-state index is -1.45. The number of β-amino-alcohol motifs (C(OH)–C–C–N with tert-alkyl or cyclic N) is 1. The Hall–Kier alpha value is -2.02. The van der Waals surface area contributed by atoms with E-state index in [1.54, 1.807) is 0 Å². The van der Waals surface area contributed by atoms with Gasteiger partial charge in [0.2, 0.25) is 0 Å². The normalized spacial score (nSPS) is 30.2. The van der Waals surface area contributed by atoms with E-state index in [0.717, 1.165) is 44.4 Å². The van der Waals surface area contributed by atoms with Crippen LogP contribution in [-0.4, -0.2) is 52.6 Å². The quantitative estimate of drug-likeness (QED) is 0.776. The molecule has 2 N–H and O–H groups in total. The highest BCUT2D eigenvalue weighted by molar-refractivity contribution is 5.24. The predicted molar refractivity (Wildman–Crippen MR) is 110 cm³/mol. The SMILES string of the molecule is O[C@H]1CCN(C2CCC(c3ccccc3)CC2)C[C@]1(O)COc1ccc(F)c(F)c1. The molecule has 0 spiro atoms. The topological polar surface area (TPSA) is 52.9 Å². The molecule has 0 unspecified atom stereocenters. The fraction of sp³-hybridized carbons (Fsp3) is 0.500. The first-order chi connectivity index (χ1) is 14.4. The van der Waals surface area contributed by atoms with E-state index < -0.39 is 23.3 Å². The van der Waals surface area contributed by atoms with Gasteiger partial charge in [0.15, 0.2) is 11.6 Å². The molecule has 2 aromatic rings. The van der Waals surface area contributed by atoms with Gasteiger partial charge in [-0.25, -0.2) is 8.78 Å². The average molecular weight is 417 g/mol. The second kappa shape index (κ2) is 9.00. The van der Waals surface area contributed by atoms with E-state index in [0.29, 0.717) is 24.9 Å². The molecular formula is C24H29F2NO3. The molecule has 0 radical (unpaired) electrons. The van der Waals surface area contributed by atoms with Crippen LogP contribution in [0.2, 0.25) is 0 Å². The Kier molecular flexibility index (Phi) is 6.37. The van der Waals surface area contributed by atoms with E-state index in [1.165, 1.54) is 11.6 Å². The first-order valence-electron chi connectivity index (χ1n) is 10.7. The first kappa shape index (κ1) is 21.2. The molecule has 4 rings (SSSR count). The van der Waals surface area contributed by atoms with Gasteiger partial charge < -0.3 is 14.9 Å². The van der Waals surface area contributed by atoms with Crippen LogP contribution in [0.3, 0.4) is 0 Å². The van der Waals surface area contributed by atoms with Crippen LogP contribution < -0.4 is 4.74 Å². The van der Waals surface area contributed by atoms with E-state index in [-0.39, 0.29) is 12.4 Å². The Morgan fingerprint density at radius 3 is 2.40 bits per heavy atom. The van der Waals surface area contributed by atoms with Crippen LogP contribution in [0.15, 0.2) is 48.5 Å². The van der Waals surface area contributed by atoms with Crippen LogP contribution in [-0.2, 0) is 0 Å². The summed E-state index contributed by atoms with van der Waals surface area (Å²) in [5.41, 5.74) is -0.0548. The molecular weight excluding hydrogens is 388 g/mol. The summed E-state index contributed by atoms with van der Waals surface area (Å²) in [6.45, 7) is 0.864. The van der Waals surface area contributed by atoms with Gasteiger partial charge in [-0.3, -0.25) is 4.90 Å². The van der Waals surface area contributed by atoms with Gasteiger partial charge in [0, 0.05) is 25.2 Å². The lowest BCUT2D eigenvalue weighted by molar-refractivity contribution is -0.147. The van der Waals surface area contributed by atoms with Crippen molar-refractivity contribution in [3.8, 4) is 5.75 Å². The van der Waals surface area contributed by atoms with Gasteiger partial charge in [0.1, 0.15) is 18.0 Å². The number of rotatable bonds is 5. The van der Waals surface area contributed by atoms with Crippen molar-refractivity contribution < 1.29 is 23.7 Å². The second-order valence-electron chi connectivity index (χ2n) is 8.66. The molecule has 30 heavy (non-hydrogen) atoms. The van der Waals surface area contributed by atoms with E-state index in [4.69, 9.17) is 4.74 Å². The minimum Gasteiger partial charge on any atom is -0.490 e. The van der Waals surface area contributed by atoms with Gasteiger partial charge in [-0.15, -0.1) is 0 Å². The van der Waals surface area contributed by atoms with Crippen molar-refractivity contribution in [3.63, 3.8) is 0 Å². The van der Waals surface area contributed by atoms with Crippen molar-refractivity contribution in [2.75, 3.05) is 19.7 Å². The van der Waals surface area contributed by atoms with Crippen LogP contribution in [0.4, 0.5) is 8.78 Å². The molecule has 0 aromatic heterocycles. The van der Waals surface area contributed by atoms with E-state index in [1.807, 2.05) is 6.07 Å². The summed E-state index contributed by atoms with van der Waals surface area (Å²) in [5, 5.41) is 21.5. The summed E-state index contributed by atoms with van der Waals surface area (Å²) < 4.78 is 32.0. The third-order valence-corrected chi connectivity index (χ3v) is 6.65. The molecule has 2 fully saturated rings. The number of ether oxygens (including phenoxy) is 1. The first-order valence-corrected chi connectivity index (χ1v) is 10.7. The third kappa shape index (κ3) is 4.66. The predicted octanol–water partition coefficient (Wildman–Crippen LogP) is 3.87. The lowest BCUT2D eigenvalue weighted by Gasteiger charge is -2.46. The molecule has 1 saturated carbocycles. The minimum absolute atomic E-state index is 0.134. The molecule has 1 aliphatic carbocycles. The largest absolute Gasteiger partial charge is 0.490 e. The number of aliphatic hydroxyl groups excluding tert-OH is 1. The maximum atomic E-state index is 13.4. The Morgan fingerprint density at radius 1 is 0.967 bits per heavy atom. The van der Waals surface area contributed by atoms with Gasteiger partial charge in [-0.05, 0) is 55.7 Å². The van der Waals surface area contributed by atoms with Gasteiger partial charge >= 0.3 is 0 Å². The summed E-state index contributed by atoms with van der Waals surface area (Å²) >= 11 is 0. The number of hydrogen-bond donors (Lipinski definition) is 2. The molecule has 4 nitrogen and oxygen atoms in total. The molecule has 1 saturated heterocycles. The lowest BCUT2D eigenvalue weighted by Crippen LogP contribution is -2.62. The van der Waals surface area contributed by atoms with Crippen molar-refractivity contribution in [2.45, 2.75) is 55.8 Å². The molecule has 162 valence electrons. The summed E-state index contributed by atoms with van der Waals surface area (Å²) in [6, 6.07) is 14.2. The monoisotopic (exact) mass is 417 g/mol. The molecule has 2 atom stereocenters. The lowest BCUT2D eigenvalue weighted by atomic mass is 9.80. The van der Waals surface area contributed by atoms with Crippen LogP contribution >= 0.6 is 0 Å². The number of benzene rings is 2. The number of piperidine rings is 1. The highest BCUT2D eigenvalue weighted by atomic mass is 19.2. The molecule has 2 aromatic carbocycles. The van der Waals surface area contributed by atoms with Crippen LogP contribution in [0, 0.1) is 11.6 Å². The second-order valence-corrected chi connectivity index (χ2v) is 8.66. The maximum Gasteiger partial charge on any atom is 0.162 e. The highest BCUT2D eigenvalue weighted by Gasteiger charge is 2.44. The average Bonchev–Trinajstić information content (AvgIpc) is 2.77. The van der Waals surface area contributed by atoms with Crippen molar-refractivity contribution >= 4 is 0 Å². The summed E-state index contributed by atoms with van der Waals surface area (Å²) in [4.78, 5) is 2.25. The zero-order valence-electron chi connectivity index (χ0n) is 17.0. The van der Waals surface area contributed by atoms with Gasteiger partial charge in [-0.1, -0.05) is 30.3 Å². The maximum absolute atomic E-state index is 13.4. The molecule has 6 heteroatoms. The zero-order valence-corrected chi connectivity index (χ0v) is 17.0. The van der Waals surface area contributed by atoms with Crippen LogP contribution in [0.25, 0.3) is 0 Å². The standard InChI is InChI=1S/C24H29F2NO3/c25-21-11-10-20(14-22(21)26)30-16-24(29)15-27(13-12-23(24)28)19-8-6-18(7-9-19)17-4-2-1-3-5-17/h1-5,10-11,14,18-19,23,28-29H,6-9,12-13,15-16H2/t18?,19?,23-,24-/m0/s1. The number of aliphatic hydroxyl groups is 2. The molecule has 0 amide bonds. The Labute approximate surface area is 176 Å². The smallest absolute Gasteiger partial charge is 0.162 e. The molecule has 1 aliphatic heterocycles. The Morgan fingerprint density at radius 2 is 1.70 bits per heavy atom. The van der Waals surface area contributed by atoms with Gasteiger partial charge in [0.05, 0.1) is 6.10 Å². The summed E-state index contributed by atoms with van der Waals surface area (Å²) in [6.07, 6.45) is 3.86. The van der Waals surface area contributed by atoms with Gasteiger partial charge in [-0.2, -0.15) is 0 Å². The summed E-state index contributed by atoms with van der Waals surface area (Å²) in [7, 11) is 0. The number of halogens is 2. The fourth-order valence-electron chi connectivity index (χ4n) is 4.82. The van der Waals surface area contributed by atoms with Crippen molar-refractivity contribution in [1.29, 1.82) is 0 Å². The van der Waals surface area contributed by atoms with E-state index in [9.17, 15) is 19.0 Å². The van der Waals surface area contributed by atoms with E-state index >= 15 is 0 Å². The zero-order chi connectivity index (χ0) is 21.1. The number of likely N-dealkylation sites (tertiary alicyclic amines) is 1. The summed E-state index contributed by atoms with van der Waals surface area (Å²) in [5.74, 6) is -1.24. The molecule has 2 aliphatic rings. The van der Waals surface area contributed by atoms with E-state index in [2.05, 4.69) is 29.2 Å². The molecule has 1 heterocycles. The van der Waals surface area contributed by atoms with Crippen molar-refractivity contribution in [1.82, 2.24) is 4.90 Å². The molecule has 0 bridgehead atoms. The third-order valence-electron chi connectivity index (χ3n) is 6.65. The highest BCUT2D eigenvalue weighted by Crippen LogP contribution is 2.36. The van der Waals surface area contributed by atoms with Crippen LogP contribution in [0.1, 0.15) is 43.6 Å². The van der Waals surface area contributed by atoms with Crippen LogP contribution in [0.5, 0.6) is 5.75 Å². The number of nitrogens with zero attached hydrogens (tertiary/aromatic N) is 1. The van der Waals surface area contributed by atoms with Crippen molar-refractivity contribution in [2.24, 2.45) is 0 Å². The fourth-order valence-corrected chi connectivity index (χ4v) is 4.82. The Bertz CT molecular complexity index is 842. The Balaban J connectivity index is 1.35. The van der Waals surface area contributed by atoms with Crippen molar-refractivity contribution in [3.05, 3.63) is 65.7 Å². The van der Waals surface area contributed by atoms with Gasteiger partial charge in [0.25, 0.3) is 0 Å².